The summed E-state index contributed by atoms with van der Waals surface area (Å²) in [5, 5.41) is 6.28. The summed E-state index contributed by atoms with van der Waals surface area (Å²) in [4.78, 5) is 28.3. The number of rotatable bonds is 3. The molecule has 2 heterocycles. The number of hydrogen-bond acceptors (Lipinski definition) is 4. The Labute approximate surface area is 183 Å². The van der Waals surface area contributed by atoms with Crippen molar-refractivity contribution >= 4 is 46.1 Å². The third-order valence-corrected chi connectivity index (χ3v) is 7.06. The molecule has 7 heteroatoms. The number of fused-ring (bicyclic) bond motifs is 3. The van der Waals surface area contributed by atoms with E-state index < -0.39 is 0 Å². The van der Waals surface area contributed by atoms with Crippen molar-refractivity contribution in [1.29, 1.82) is 0 Å². The topological polar surface area (TPSA) is 61.4 Å². The number of carbonyl (C=O) groups excluding carboxylic acids is 2. The van der Waals surface area contributed by atoms with E-state index in [2.05, 4.69) is 28.8 Å². The van der Waals surface area contributed by atoms with Gasteiger partial charge in [0.05, 0.1) is 22.1 Å². The fourth-order valence-corrected chi connectivity index (χ4v) is 5.53. The molecule has 2 aliphatic rings. The summed E-state index contributed by atoms with van der Waals surface area (Å²) in [6.45, 7) is 1.59. The molecule has 0 saturated carbocycles. The highest BCUT2D eigenvalue weighted by atomic mass is 35.5. The summed E-state index contributed by atoms with van der Waals surface area (Å²) in [6, 6.07) is 15.8. The van der Waals surface area contributed by atoms with Gasteiger partial charge in [0, 0.05) is 23.7 Å². The standard InChI is InChI=1S/C23H20ClN3O2S/c24-18-12-16(7-8-19(18)27-10-9-25-21(28)13-27)26-23(29)20-11-15-6-5-14-3-1-2-4-17(14)22(15)30-20/h1-4,7-8,11-12H,5-6,9-10,13H2,(H,25,28)(H,26,29). The number of halogens is 1. The van der Waals surface area contributed by atoms with Gasteiger partial charge in [-0.15, -0.1) is 11.3 Å². The van der Waals surface area contributed by atoms with Crippen LogP contribution in [0.4, 0.5) is 11.4 Å². The van der Waals surface area contributed by atoms with E-state index in [4.69, 9.17) is 11.6 Å². The summed E-state index contributed by atoms with van der Waals surface area (Å²) in [5.41, 5.74) is 5.25. The Bertz CT molecular complexity index is 1160. The van der Waals surface area contributed by atoms with Gasteiger partial charge in [-0.2, -0.15) is 0 Å². The van der Waals surface area contributed by atoms with Gasteiger partial charge in [0.1, 0.15) is 0 Å². The van der Waals surface area contributed by atoms with Crippen LogP contribution >= 0.6 is 22.9 Å². The van der Waals surface area contributed by atoms with E-state index in [-0.39, 0.29) is 18.4 Å². The fourth-order valence-electron chi connectivity index (χ4n) is 4.06. The largest absolute Gasteiger partial charge is 0.359 e. The SMILES string of the molecule is O=C1CN(c2ccc(NC(=O)c3cc4c(s3)-c3ccccc3CC4)cc2Cl)CCN1. The highest BCUT2D eigenvalue weighted by Gasteiger charge is 2.22. The second-order valence-electron chi connectivity index (χ2n) is 7.51. The monoisotopic (exact) mass is 437 g/mol. The number of hydrogen-bond donors (Lipinski definition) is 2. The van der Waals surface area contributed by atoms with Crippen LogP contribution in [0.15, 0.2) is 48.5 Å². The van der Waals surface area contributed by atoms with E-state index in [0.29, 0.717) is 28.7 Å². The zero-order valence-electron chi connectivity index (χ0n) is 16.2. The normalized spacial score (nSPS) is 15.2. The molecule has 1 saturated heterocycles. The maximum absolute atomic E-state index is 12.9. The first kappa shape index (κ1) is 19.2. The van der Waals surface area contributed by atoms with Gasteiger partial charge in [-0.1, -0.05) is 35.9 Å². The quantitative estimate of drug-likeness (QED) is 0.640. The molecular formula is C23H20ClN3O2S. The van der Waals surface area contributed by atoms with Crippen LogP contribution in [0.25, 0.3) is 10.4 Å². The van der Waals surface area contributed by atoms with E-state index in [1.165, 1.54) is 32.9 Å². The molecule has 1 aromatic heterocycles. The van der Waals surface area contributed by atoms with Crippen LogP contribution in [0, 0.1) is 0 Å². The minimum Gasteiger partial charge on any atom is -0.359 e. The molecule has 2 aromatic carbocycles. The van der Waals surface area contributed by atoms with Gasteiger partial charge in [0.15, 0.2) is 0 Å². The number of nitrogens with one attached hydrogen (secondary N) is 2. The molecule has 2 N–H and O–H groups in total. The fraction of sp³-hybridized carbons (Fsp3) is 0.217. The molecule has 0 radical (unpaired) electrons. The number of aryl methyl sites for hydroxylation is 2. The van der Waals surface area contributed by atoms with Crippen molar-refractivity contribution in [3.8, 4) is 10.4 Å². The van der Waals surface area contributed by atoms with Crippen molar-refractivity contribution in [3.05, 3.63) is 69.6 Å². The van der Waals surface area contributed by atoms with Crippen molar-refractivity contribution in [2.75, 3.05) is 29.9 Å². The van der Waals surface area contributed by atoms with E-state index >= 15 is 0 Å². The van der Waals surface area contributed by atoms with Crippen LogP contribution in [0.1, 0.15) is 20.8 Å². The van der Waals surface area contributed by atoms with Crippen molar-refractivity contribution in [3.63, 3.8) is 0 Å². The number of piperazine rings is 1. The Morgan fingerprint density at radius 3 is 2.77 bits per heavy atom. The van der Waals surface area contributed by atoms with Crippen molar-refractivity contribution in [2.45, 2.75) is 12.8 Å². The number of carbonyl (C=O) groups is 2. The molecule has 0 bridgehead atoms. The lowest BCUT2D eigenvalue weighted by Gasteiger charge is -2.29. The molecule has 30 heavy (non-hydrogen) atoms. The van der Waals surface area contributed by atoms with Crippen LogP contribution in [0.3, 0.4) is 0 Å². The van der Waals surface area contributed by atoms with Crippen molar-refractivity contribution < 1.29 is 9.59 Å². The molecule has 5 nitrogen and oxygen atoms in total. The second kappa shape index (κ2) is 7.78. The molecule has 0 spiro atoms. The predicted molar refractivity (Wildman–Crippen MR) is 122 cm³/mol. The molecule has 1 fully saturated rings. The maximum atomic E-state index is 12.9. The number of benzene rings is 2. The molecule has 5 rings (SSSR count). The molecule has 0 unspecified atom stereocenters. The van der Waals surface area contributed by atoms with Gasteiger partial charge >= 0.3 is 0 Å². The summed E-state index contributed by atoms with van der Waals surface area (Å²) < 4.78 is 0. The van der Waals surface area contributed by atoms with Gasteiger partial charge in [-0.3, -0.25) is 9.59 Å². The highest BCUT2D eigenvalue weighted by Crippen LogP contribution is 2.39. The van der Waals surface area contributed by atoms with Crippen LogP contribution in [0.2, 0.25) is 5.02 Å². The van der Waals surface area contributed by atoms with Crippen molar-refractivity contribution in [1.82, 2.24) is 5.32 Å². The Morgan fingerprint density at radius 2 is 1.93 bits per heavy atom. The molecule has 0 atom stereocenters. The van der Waals surface area contributed by atoms with Crippen molar-refractivity contribution in [2.24, 2.45) is 0 Å². The zero-order chi connectivity index (χ0) is 20.7. The lowest BCUT2D eigenvalue weighted by molar-refractivity contribution is -0.120. The molecular weight excluding hydrogens is 418 g/mol. The molecule has 2 amide bonds. The summed E-state index contributed by atoms with van der Waals surface area (Å²) in [6.07, 6.45) is 1.96. The van der Waals surface area contributed by atoms with Gasteiger partial charge in [-0.25, -0.2) is 0 Å². The average molecular weight is 438 g/mol. The van der Waals surface area contributed by atoms with Gasteiger partial charge in [-0.05, 0) is 53.8 Å². The average Bonchev–Trinajstić information content (AvgIpc) is 3.19. The Morgan fingerprint density at radius 1 is 1.10 bits per heavy atom. The first-order valence-corrected chi connectivity index (χ1v) is 11.1. The zero-order valence-corrected chi connectivity index (χ0v) is 17.8. The number of anilines is 2. The second-order valence-corrected chi connectivity index (χ2v) is 8.97. The first-order valence-electron chi connectivity index (χ1n) is 9.92. The molecule has 152 valence electrons. The summed E-state index contributed by atoms with van der Waals surface area (Å²) >= 11 is 7.99. The van der Waals surface area contributed by atoms with Crippen LogP contribution < -0.4 is 15.5 Å². The Hall–Kier alpha value is -2.83. The van der Waals surface area contributed by atoms with E-state index in [0.717, 1.165) is 18.5 Å². The highest BCUT2D eigenvalue weighted by molar-refractivity contribution is 7.17. The van der Waals surface area contributed by atoms with Gasteiger partial charge in [0.2, 0.25) is 5.91 Å². The summed E-state index contributed by atoms with van der Waals surface area (Å²) in [7, 11) is 0. The van der Waals surface area contributed by atoms with Crippen LogP contribution in [-0.4, -0.2) is 31.4 Å². The van der Waals surface area contributed by atoms with E-state index in [1.54, 1.807) is 6.07 Å². The summed E-state index contributed by atoms with van der Waals surface area (Å²) in [5.74, 6) is -0.147. The Kier molecular flexibility index (Phi) is 4.97. The van der Waals surface area contributed by atoms with Crippen LogP contribution in [-0.2, 0) is 17.6 Å². The first-order chi connectivity index (χ1) is 14.6. The lowest BCUT2D eigenvalue weighted by atomic mass is 9.91. The van der Waals surface area contributed by atoms with Crippen LogP contribution in [0.5, 0.6) is 0 Å². The smallest absolute Gasteiger partial charge is 0.265 e. The Balaban J connectivity index is 1.35. The number of amides is 2. The number of nitrogens with zero attached hydrogens (tertiary/aromatic N) is 1. The van der Waals surface area contributed by atoms with Gasteiger partial charge < -0.3 is 15.5 Å². The molecule has 3 aromatic rings. The minimum atomic E-state index is -0.131. The minimum absolute atomic E-state index is 0.0158. The molecule has 1 aliphatic heterocycles. The predicted octanol–water partition coefficient (Wildman–Crippen LogP) is 4.36. The number of thiophene rings is 1. The molecule has 1 aliphatic carbocycles. The van der Waals surface area contributed by atoms with E-state index in [1.807, 2.05) is 29.2 Å². The van der Waals surface area contributed by atoms with E-state index in [9.17, 15) is 9.59 Å². The third kappa shape index (κ3) is 3.57. The lowest BCUT2D eigenvalue weighted by Crippen LogP contribution is -2.47. The van der Waals surface area contributed by atoms with Gasteiger partial charge in [0.25, 0.3) is 5.91 Å². The third-order valence-electron chi connectivity index (χ3n) is 5.54. The maximum Gasteiger partial charge on any atom is 0.265 e.